The molecule has 3 rings (SSSR count). The van der Waals surface area contributed by atoms with Gasteiger partial charge in [0.05, 0.1) is 10.6 Å². The molecule has 0 N–H and O–H groups in total. The fraction of sp³-hybridized carbons (Fsp3) is 0. The zero-order chi connectivity index (χ0) is 13.4. The van der Waals surface area contributed by atoms with E-state index in [1.165, 1.54) is 12.1 Å². The summed E-state index contributed by atoms with van der Waals surface area (Å²) >= 11 is 3.22. The summed E-state index contributed by atoms with van der Waals surface area (Å²) in [5.41, 5.74) is 2.20. The minimum atomic E-state index is -0.416. The summed E-state index contributed by atoms with van der Waals surface area (Å²) < 4.78 is 2.12. The van der Waals surface area contributed by atoms with E-state index in [2.05, 4.69) is 26.0 Å². The van der Waals surface area contributed by atoms with Crippen LogP contribution in [0.5, 0.6) is 0 Å². The Labute approximate surface area is 116 Å². The van der Waals surface area contributed by atoms with Crippen LogP contribution < -0.4 is 0 Å². The zero-order valence-electron chi connectivity index (χ0n) is 9.52. The molecule has 0 radical (unpaired) electrons. The van der Waals surface area contributed by atoms with Gasteiger partial charge in [0.25, 0.3) is 5.69 Å². The van der Waals surface area contributed by atoms with Crippen LogP contribution in [0, 0.1) is 10.1 Å². The van der Waals surface area contributed by atoms with Crippen LogP contribution in [0.3, 0.4) is 0 Å². The predicted molar refractivity (Wildman–Crippen MR) is 72.8 cm³/mol. The minimum absolute atomic E-state index is 0.0497. The molecule has 0 amide bonds. The first-order valence-corrected chi connectivity index (χ1v) is 6.20. The van der Waals surface area contributed by atoms with Gasteiger partial charge in [0, 0.05) is 17.7 Å². The second-order valence-corrected chi connectivity index (χ2v) is 4.58. The van der Waals surface area contributed by atoms with E-state index in [0.717, 1.165) is 11.3 Å². The van der Waals surface area contributed by atoms with Crippen molar-refractivity contribution in [2.24, 2.45) is 0 Å². The summed E-state index contributed by atoms with van der Waals surface area (Å²) in [5, 5.41) is 15.0. The first kappa shape index (κ1) is 11.8. The molecule has 0 saturated heterocycles. The van der Waals surface area contributed by atoms with E-state index in [0.29, 0.717) is 10.4 Å². The maximum Gasteiger partial charge on any atom is 0.270 e. The Hall–Kier alpha value is -2.28. The predicted octanol–water partition coefficient (Wildman–Crippen LogP) is 3.07. The molecule has 0 aliphatic carbocycles. The van der Waals surface area contributed by atoms with Gasteiger partial charge in [-0.25, -0.2) is 9.50 Å². The molecule has 0 aliphatic heterocycles. The Bertz CT molecular complexity index is 784. The normalized spacial score (nSPS) is 10.8. The third kappa shape index (κ3) is 2.08. The van der Waals surface area contributed by atoms with Crippen molar-refractivity contribution in [1.82, 2.24) is 14.6 Å². The second kappa shape index (κ2) is 4.43. The number of nitro benzene ring substituents is 1. The molecule has 0 aliphatic rings. The van der Waals surface area contributed by atoms with Crippen molar-refractivity contribution in [3.63, 3.8) is 0 Å². The smallest absolute Gasteiger partial charge is 0.258 e. The van der Waals surface area contributed by atoms with Gasteiger partial charge in [0.15, 0.2) is 5.65 Å². The monoisotopic (exact) mass is 318 g/mol. The number of nitrogens with zero attached hydrogens (tertiary/aromatic N) is 4. The van der Waals surface area contributed by atoms with E-state index < -0.39 is 4.92 Å². The van der Waals surface area contributed by atoms with Crippen molar-refractivity contribution in [3.8, 4) is 11.3 Å². The highest BCUT2D eigenvalue weighted by atomic mass is 79.9. The third-order valence-electron chi connectivity index (χ3n) is 2.69. The van der Waals surface area contributed by atoms with Crippen molar-refractivity contribution in [2.45, 2.75) is 0 Å². The number of aromatic nitrogens is 3. The van der Waals surface area contributed by atoms with Crippen molar-refractivity contribution in [2.75, 3.05) is 0 Å². The molecule has 0 spiro atoms. The van der Waals surface area contributed by atoms with Crippen molar-refractivity contribution < 1.29 is 4.92 Å². The van der Waals surface area contributed by atoms with Gasteiger partial charge in [-0.15, -0.1) is 5.10 Å². The van der Waals surface area contributed by atoms with Gasteiger partial charge in [-0.05, 0) is 28.1 Å². The molecule has 2 aromatic heterocycles. The Balaban J connectivity index is 2.24. The van der Waals surface area contributed by atoms with Crippen LogP contribution in [0.15, 0.2) is 47.2 Å². The fourth-order valence-corrected chi connectivity index (χ4v) is 2.22. The summed E-state index contributed by atoms with van der Waals surface area (Å²) in [6, 6.07) is 11.9. The van der Waals surface area contributed by atoms with Gasteiger partial charge >= 0.3 is 0 Å². The molecule has 7 heteroatoms. The quantitative estimate of drug-likeness (QED) is 0.537. The van der Waals surface area contributed by atoms with E-state index in [1.807, 2.05) is 18.2 Å². The molecule has 3 aromatic rings. The molecule has 0 unspecified atom stereocenters. The van der Waals surface area contributed by atoms with Gasteiger partial charge in [0.2, 0.25) is 4.73 Å². The Kier molecular flexibility index (Phi) is 2.75. The lowest BCUT2D eigenvalue weighted by Gasteiger charge is -2.03. The van der Waals surface area contributed by atoms with Crippen LogP contribution in [-0.2, 0) is 0 Å². The largest absolute Gasteiger partial charge is 0.270 e. The molecule has 0 saturated carbocycles. The van der Waals surface area contributed by atoms with Gasteiger partial charge < -0.3 is 0 Å². The number of non-ortho nitro benzene ring substituents is 1. The number of hydrogen-bond acceptors (Lipinski definition) is 4. The Morgan fingerprint density at radius 3 is 2.79 bits per heavy atom. The summed E-state index contributed by atoms with van der Waals surface area (Å²) in [6.07, 6.45) is 0. The zero-order valence-corrected chi connectivity index (χ0v) is 11.1. The fourth-order valence-electron chi connectivity index (χ4n) is 1.88. The molecule has 6 nitrogen and oxygen atoms in total. The third-order valence-corrected chi connectivity index (χ3v) is 3.02. The van der Waals surface area contributed by atoms with E-state index in [-0.39, 0.29) is 5.69 Å². The summed E-state index contributed by atoms with van der Waals surface area (Å²) in [4.78, 5) is 14.6. The molecule has 1 aromatic carbocycles. The number of benzene rings is 1. The highest BCUT2D eigenvalue weighted by molar-refractivity contribution is 9.10. The highest BCUT2D eigenvalue weighted by Crippen LogP contribution is 2.24. The van der Waals surface area contributed by atoms with Gasteiger partial charge in [-0.1, -0.05) is 18.2 Å². The Morgan fingerprint density at radius 2 is 2.00 bits per heavy atom. The van der Waals surface area contributed by atoms with Crippen molar-refractivity contribution in [3.05, 3.63) is 57.3 Å². The number of hydrogen-bond donors (Lipinski definition) is 0. The van der Waals surface area contributed by atoms with Crippen LogP contribution in [0.2, 0.25) is 0 Å². The van der Waals surface area contributed by atoms with E-state index >= 15 is 0 Å². The minimum Gasteiger partial charge on any atom is -0.258 e. The Morgan fingerprint density at radius 1 is 1.21 bits per heavy atom. The topological polar surface area (TPSA) is 73.3 Å². The first-order chi connectivity index (χ1) is 9.15. The highest BCUT2D eigenvalue weighted by Gasteiger charge is 2.11. The molecule has 2 heterocycles. The van der Waals surface area contributed by atoms with E-state index in [4.69, 9.17) is 0 Å². The van der Waals surface area contributed by atoms with E-state index in [9.17, 15) is 10.1 Å². The number of fused-ring (bicyclic) bond motifs is 1. The van der Waals surface area contributed by atoms with Gasteiger partial charge in [-0.3, -0.25) is 10.1 Å². The SMILES string of the molecule is O=[N+]([O-])c1cccc(-c2cccc3nc(Br)nn23)c1. The van der Waals surface area contributed by atoms with Crippen LogP contribution in [-0.4, -0.2) is 19.5 Å². The van der Waals surface area contributed by atoms with Gasteiger partial charge in [0.1, 0.15) is 0 Å². The van der Waals surface area contributed by atoms with Crippen LogP contribution in [0.1, 0.15) is 0 Å². The van der Waals surface area contributed by atoms with Gasteiger partial charge in [-0.2, -0.15) is 0 Å². The molecule has 0 bridgehead atoms. The number of halogens is 1. The molecular formula is C12H7BrN4O2. The lowest BCUT2D eigenvalue weighted by atomic mass is 10.1. The molecule has 0 fully saturated rings. The molecular weight excluding hydrogens is 312 g/mol. The van der Waals surface area contributed by atoms with Crippen molar-refractivity contribution >= 4 is 27.3 Å². The van der Waals surface area contributed by atoms with Crippen LogP contribution in [0.4, 0.5) is 5.69 Å². The summed E-state index contributed by atoms with van der Waals surface area (Å²) in [6.45, 7) is 0. The number of pyridine rings is 1. The molecule has 19 heavy (non-hydrogen) atoms. The maximum atomic E-state index is 10.8. The maximum absolute atomic E-state index is 10.8. The summed E-state index contributed by atoms with van der Waals surface area (Å²) in [7, 11) is 0. The standard InChI is InChI=1S/C12H7BrN4O2/c13-12-14-11-6-2-5-10(16(11)15-12)8-3-1-4-9(7-8)17(18)19/h1-7H. The average molecular weight is 319 g/mol. The van der Waals surface area contributed by atoms with E-state index in [1.54, 1.807) is 16.6 Å². The number of nitro groups is 1. The number of rotatable bonds is 2. The lowest BCUT2D eigenvalue weighted by Crippen LogP contribution is -1.94. The molecule has 0 atom stereocenters. The first-order valence-electron chi connectivity index (χ1n) is 5.41. The lowest BCUT2D eigenvalue weighted by molar-refractivity contribution is -0.384. The molecule has 94 valence electrons. The average Bonchev–Trinajstić information content (AvgIpc) is 2.78. The summed E-state index contributed by atoms with van der Waals surface area (Å²) in [5.74, 6) is 0. The van der Waals surface area contributed by atoms with Crippen molar-refractivity contribution in [1.29, 1.82) is 0 Å². The van der Waals surface area contributed by atoms with Crippen LogP contribution in [0.25, 0.3) is 16.9 Å². The van der Waals surface area contributed by atoms with Crippen LogP contribution >= 0.6 is 15.9 Å². The second-order valence-electron chi connectivity index (χ2n) is 3.87.